The highest BCUT2D eigenvalue weighted by Crippen LogP contribution is 2.27. The molecule has 0 aromatic heterocycles. The molecular formula is C18H19NO2. The van der Waals surface area contributed by atoms with Crippen molar-refractivity contribution in [1.82, 2.24) is 5.32 Å². The summed E-state index contributed by atoms with van der Waals surface area (Å²) in [5.41, 5.74) is 2.31. The smallest absolute Gasteiger partial charge is 0.257 e. The Morgan fingerprint density at radius 3 is 2.33 bits per heavy atom. The minimum atomic E-state index is -0.0472. The molecule has 2 aromatic carbocycles. The van der Waals surface area contributed by atoms with E-state index in [0.717, 1.165) is 17.9 Å². The first kappa shape index (κ1) is 13.7. The number of carbonyl (C=O) groups excluding carboxylic acids is 1. The highest BCUT2D eigenvalue weighted by Gasteiger charge is 2.21. The summed E-state index contributed by atoms with van der Waals surface area (Å²) in [6, 6.07) is 18.0. The Morgan fingerprint density at radius 1 is 1.00 bits per heavy atom. The van der Waals surface area contributed by atoms with Gasteiger partial charge in [0.25, 0.3) is 5.91 Å². The fourth-order valence-corrected chi connectivity index (χ4v) is 2.15. The van der Waals surface area contributed by atoms with E-state index in [1.54, 1.807) is 0 Å². The topological polar surface area (TPSA) is 38.3 Å². The average molecular weight is 281 g/mol. The van der Waals surface area contributed by atoms with Crippen LogP contribution in [0.25, 0.3) is 11.1 Å². The average Bonchev–Trinajstić information content (AvgIpc) is 3.37. The maximum absolute atomic E-state index is 11.6. The van der Waals surface area contributed by atoms with Gasteiger partial charge >= 0.3 is 0 Å². The number of rotatable bonds is 6. The minimum absolute atomic E-state index is 0.0472. The molecule has 1 saturated carbocycles. The second kappa shape index (κ2) is 6.44. The van der Waals surface area contributed by atoms with Crippen LogP contribution in [-0.4, -0.2) is 19.1 Å². The fraction of sp³-hybridized carbons (Fsp3) is 0.278. The zero-order valence-electron chi connectivity index (χ0n) is 11.9. The minimum Gasteiger partial charge on any atom is -0.484 e. The highest BCUT2D eigenvalue weighted by molar-refractivity contribution is 5.77. The van der Waals surface area contributed by atoms with Crippen LogP contribution in [0.3, 0.4) is 0 Å². The van der Waals surface area contributed by atoms with Gasteiger partial charge in [0.05, 0.1) is 0 Å². The Hall–Kier alpha value is -2.29. The van der Waals surface area contributed by atoms with E-state index in [2.05, 4.69) is 17.4 Å². The molecule has 0 saturated heterocycles. The molecule has 2 aromatic rings. The third-order valence-corrected chi connectivity index (χ3v) is 3.62. The van der Waals surface area contributed by atoms with Crippen LogP contribution in [0.4, 0.5) is 0 Å². The van der Waals surface area contributed by atoms with Gasteiger partial charge in [-0.3, -0.25) is 4.79 Å². The van der Waals surface area contributed by atoms with Gasteiger partial charge in [0.2, 0.25) is 0 Å². The van der Waals surface area contributed by atoms with E-state index in [-0.39, 0.29) is 12.5 Å². The molecule has 0 aliphatic heterocycles. The summed E-state index contributed by atoms with van der Waals surface area (Å²) < 4.78 is 5.50. The van der Waals surface area contributed by atoms with Gasteiger partial charge in [-0.2, -0.15) is 0 Å². The quantitative estimate of drug-likeness (QED) is 0.882. The van der Waals surface area contributed by atoms with E-state index in [0.29, 0.717) is 5.92 Å². The highest BCUT2D eigenvalue weighted by atomic mass is 16.5. The van der Waals surface area contributed by atoms with Gasteiger partial charge in [0, 0.05) is 6.54 Å². The van der Waals surface area contributed by atoms with E-state index in [9.17, 15) is 4.79 Å². The molecule has 0 spiro atoms. The molecule has 3 nitrogen and oxygen atoms in total. The Kier molecular flexibility index (Phi) is 4.20. The van der Waals surface area contributed by atoms with Crippen LogP contribution in [0.15, 0.2) is 54.6 Å². The van der Waals surface area contributed by atoms with Crippen molar-refractivity contribution in [3.8, 4) is 16.9 Å². The summed E-state index contributed by atoms with van der Waals surface area (Å²) in [6.07, 6.45) is 2.48. The SMILES string of the molecule is O=C(COc1ccc(-c2ccccc2)cc1)NCC1CC1. The van der Waals surface area contributed by atoms with Crippen LogP contribution in [0.1, 0.15) is 12.8 Å². The van der Waals surface area contributed by atoms with Gasteiger partial charge in [0.15, 0.2) is 6.61 Å². The third-order valence-electron chi connectivity index (χ3n) is 3.62. The van der Waals surface area contributed by atoms with Crippen molar-refractivity contribution in [3.63, 3.8) is 0 Å². The largest absolute Gasteiger partial charge is 0.484 e. The lowest BCUT2D eigenvalue weighted by Crippen LogP contribution is -2.30. The predicted molar refractivity (Wildman–Crippen MR) is 83.1 cm³/mol. The van der Waals surface area contributed by atoms with Gasteiger partial charge < -0.3 is 10.1 Å². The Balaban J connectivity index is 1.51. The van der Waals surface area contributed by atoms with Gasteiger partial charge in [-0.1, -0.05) is 42.5 Å². The molecule has 1 amide bonds. The molecule has 0 unspecified atom stereocenters. The van der Waals surface area contributed by atoms with E-state index in [1.807, 2.05) is 42.5 Å². The molecule has 1 fully saturated rings. The molecule has 1 aliphatic carbocycles. The van der Waals surface area contributed by atoms with E-state index in [1.165, 1.54) is 18.4 Å². The maximum atomic E-state index is 11.6. The van der Waals surface area contributed by atoms with Crippen molar-refractivity contribution in [3.05, 3.63) is 54.6 Å². The van der Waals surface area contributed by atoms with Gasteiger partial charge in [-0.15, -0.1) is 0 Å². The van der Waals surface area contributed by atoms with Crippen LogP contribution in [-0.2, 0) is 4.79 Å². The molecule has 3 rings (SSSR count). The molecule has 21 heavy (non-hydrogen) atoms. The molecule has 1 aliphatic rings. The monoisotopic (exact) mass is 281 g/mol. The van der Waals surface area contributed by atoms with Crippen LogP contribution < -0.4 is 10.1 Å². The zero-order valence-corrected chi connectivity index (χ0v) is 11.9. The summed E-state index contributed by atoms with van der Waals surface area (Å²) in [7, 11) is 0. The van der Waals surface area contributed by atoms with Crippen molar-refractivity contribution in [2.24, 2.45) is 5.92 Å². The first-order valence-electron chi connectivity index (χ1n) is 7.36. The second-order valence-corrected chi connectivity index (χ2v) is 5.43. The number of benzene rings is 2. The van der Waals surface area contributed by atoms with Crippen molar-refractivity contribution in [2.75, 3.05) is 13.2 Å². The number of hydrogen-bond acceptors (Lipinski definition) is 2. The summed E-state index contributed by atoms with van der Waals surface area (Å²) in [5, 5.41) is 2.89. The normalized spacial score (nSPS) is 13.7. The molecular weight excluding hydrogens is 262 g/mol. The van der Waals surface area contributed by atoms with Crippen LogP contribution in [0.5, 0.6) is 5.75 Å². The standard InChI is InChI=1S/C18H19NO2/c20-18(19-12-14-6-7-14)13-21-17-10-8-16(9-11-17)15-4-2-1-3-5-15/h1-5,8-11,14H,6-7,12-13H2,(H,19,20). The molecule has 1 N–H and O–H groups in total. The maximum Gasteiger partial charge on any atom is 0.257 e. The van der Waals surface area contributed by atoms with E-state index >= 15 is 0 Å². The van der Waals surface area contributed by atoms with Crippen LogP contribution >= 0.6 is 0 Å². The lowest BCUT2D eigenvalue weighted by Gasteiger charge is -2.08. The van der Waals surface area contributed by atoms with Gasteiger partial charge in [-0.25, -0.2) is 0 Å². The molecule has 0 heterocycles. The summed E-state index contributed by atoms with van der Waals surface area (Å²) in [6.45, 7) is 0.868. The van der Waals surface area contributed by atoms with E-state index < -0.39 is 0 Å². The van der Waals surface area contributed by atoms with E-state index in [4.69, 9.17) is 4.74 Å². The van der Waals surface area contributed by atoms with Gasteiger partial charge in [-0.05, 0) is 42.0 Å². The summed E-state index contributed by atoms with van der Waals surface area (Å²) in [4.78, 5) is 11.6. The Morgan fingerprint density at radius 2 is 1.67 bits per heavy atom. The van der Waals surface area contributed by atoms with Crippen molar-refractivity contribution >= 4 is 5.91 Å². The van der Waals surface area contributed by atoms with Crippen LogP contribution in [0, 0.1) is 5.92 Å². The lowest BCUT2D eigenvalue weighted by molar-refractivity contribution is -0.123. The second-order valence-electron chi connectivity index (χ2n) is 5.43. The van der Waals surface area contributed by atoms with Crippen molar-refractivity contribution < 1.29 is 9.53 Å². The Bertz CT molecular complexity index is 588. The first-order valence-corrected chi connectivity index (χ1v) is 7.36. The molecule has 108 valence electrons. The number of hydrogen-bond donors (Lipinski definition) is 1. The molecule has 0 bridgehead atoms. The van der Waals surface area contributed by atoms with Gasteiger partial charge in [0.1, 0.15) is 5.75 Å². The molecule has 0 atom stereocenters. The number of ether oxygens (including phenoxy) is 1. The Labute approximate surface area is 124 Å². The van der Waals surface area contributed by atoms with Crippen molar-refractivity contribution in [2.45, 2.75) is 12.8 Å². The lowest BCUT2D eigenvalue weighted by atomic mass is 10.1. The predicted octanol–water partition coefficient (Wildman–Crippen LogP) is 3.26. The zero-order chi connectivity index (χ0) is 14.5. The number of nitrogens with one attached hydrogen (secondary N) is 1. The molecule has 0 radical (unpaired) electrons. The summed E-state index contributed by atoms with van der Waals surface area (Å²) >= 11 is 0. The summed E-state index contributed by atoms with van der Waals surface area (Å²) in [5.74, 6) is 1.37. The third kappa shape index (κ3) is 4.09. The first-order chi connectivity index (χ1) is 10.3. The number of carbonyl (C=O) groups is 1. The fourth-order valence-electron chi connectivity index (χ4n) is 2.15. The van der Waals surface area contributed by atoms with Crippen LogP contribution in [0.2, 0.25) is 0 Å². The number of amides is 1. The molecule has 3 heteroatoms. The van der Waals surface area contributed by atoms with Crippen molar-refractivity contribution in [1.29, 1.82) is 0 Å².